The second kappa shape index (κ2) is 6.36. The van der Waals surface area contributed by atoms with Gasteiger partial charge in [0.05, 0.1) is 23.1 Å². The first kappa shape index (κ1) is 18.5. The molecular formula is C25H22IN3O. The van der Waals surface area contributed by atoms with E-state index in [1.165, 1.54) is 28.4 Å². The number of aromatic nitrogens is 2. The molecule has 0 spiro atoms. The van der Waals surface area contributed by atoms with Crippen molar-refractivity contribution in [2.75, 3.05) is 0 Å². The molecule has 3 fully saturated rings. The van der Waals surface area contributed by atoms with Crippen LogP contribution in [0.15, 0.2) is 53.8 Å². The topological polar surface area (TPSA) is 47.2 Å². The van der Waals surface area contributed by atoms with E-state index in [2.05, 4.69) is 81.5 Å². The van der Waals surface area contributed by atoms with Crippen LogP contribution in [-0.4, -0.2) is 21.0 Å². The molecule has 3 aromatic rings. The van der Waals surface area contributed by atoms with Crippen LogP contribution in [0.25, 0.3) is 5.69 Å². The zero-order valence-corrected chi connectivity index (χ0v) is 19.2. The SMILES string of the molecule is CC(=O)c1ncn2c1[C@@H](C)N=C(c1ccccc1I)c1cc(C34CC(C3)C4)ccc1-2. The smallest absolute Gasteiger partial charge is 0.180 e. The van der Waals surface area contributed by atoms with Gasteiger partial charge in [0.2, 0.25) is 0 Å². The van der Waals surface area contributed by atoms with Gasteiger partial charge in [0.15, 0.2) is 5.78 Å². The molecule has 1 atom stereocenters. The lowest BCUT2D eigenvalue weighted by molar-refractivity contribution is -0.0274. The number of aliphatic imine (C=N–C) groups is 1. The average molecular weight is 507 g/mol. The summed E-state index contributed by atoms with van der Waals surface area (Å²) in [6.45, 7) is 3.64. The van der Waals surface area contributed by atoms with E-state index in [9.17, 15) is 4.79 Å². The molecule has 150 valence electrons. The number of carbonyl (C=O) groups excluding carboxylic acids is 1. The van der Waals surface area contributed by atoms with E-state index in [0.29, 0.717) is 11.1 Å². The molecule has 2 aromatic carbocycles. The number of hydrogen-bond acceptors (Lipinski definition) is 3. The fourth-order valence-electron chi connectivity index (χ4n) is 5.51. The molecule has 0 N–H and O–H groups in total. The fraction of sp³-hybridized carbons (Fsp3) is 0.320. The number of hydrogen-bond donors (Lipinski definition) is 0. The van der Waals surface area contributed by atoms with Gasteiger partial charge >= 0.3 is 0 Å². The van der Waals surface area contributed by atoms with E-state index in [1.807, 2.05) is 0 Å². The van der Waals surface area contributed by atoms with Crippen molar-refractivity contribution in [2.24, 2.45) is 10.9 Å². The second-order valence-electron chi connectivity index (χ2n) is 9.03. The summed E-state index contributed by atoms with van der Waals surface area (Å²) >= 11 is 2.39. The summed E-state index contributed by atoms with van der Waals surface area (Å²) in [4.78, 5) is 21.9. The van der Waals surface area contributed by atoms with Crippen LogP contribution in [0.4, 0.5) is 0 Å². The van der Waals surface area contributed by atoms with Crippen molar-refractivity contribution in [3.05, 3.63) is 80.4 Å². The van der Waals surface area contributed by atoms with Crippen molar-refractivity contribution in [1.82, 2.24) is 9.55 Å². The molecule has 30 heavy (non-hydrogen) atoms. The largest absolute Gasteiger partial charge is 0.300 e. The third-order valence-electron chi connectivity index (χ3n) is 7.15. The Morgan fingerprint density at radius 1 is 1.13 bits per heavy atom. The number of Topliss-reactive ketones (excluding diaryl/α,β-unsaturated/α-hetero) is 1. The maximum Gasteiger partial charge on any atom is 0.180 e. The fourth-order valence-corrected chi connectivity index (χ4v) is 6.15. The van der Waals surface area contributed by atoms with Crippen LogP contribution in [0, 0.1) is 9.49 Å². The van der Waals surface area contributed by atoms with Gasteiger partial charge in [-0.05, 0) is 83.9 Å². The number of rotatable bonds is 3. The molecule has 1 aromatic heterocycles. The molecular weight excluding hydrogens is 485 g/mol. The minimum atomic E-state index is -0.164. The lowest BCUT2D eigenvalue weighted by Crippen LogP contribution is -2.55. The maximum absolute atomic E-state index is 12.3. The highest BCUT2D eigenvalue weighted by molar-refractivity contribution is 14.1. The number of benzene rings is 2. The Kier molecular flexibility index (Phi) is 3.92. The van der Waals surface area contributed by atoms with E-state index in [0.717, 1.165) is 34.1 Å². The van der Waals surface area contributed by atoms with Gasteiger partial charge in [-0.15, -0.1) is 0 Å². The Morgan fingerprint density at radius 2 is 1.90 bits per heavy atom. The van der Waals surface area contributed by atoms with E-state index >= 15 is 0 Å². The normalized spacial score (nSPS) is 25.9. The Hall–Kier alpha value is -2.28. The molecule has 0 radical (unpaired) electrons. The maximum atomic E-state index is 12.3. The zero-order valence-electron chi connectivity index (χ0n) is 17.0. The third-order valence-corrected chi connectivity index (χ3v) is 8.09. The summed E-state index contributed by atoms with van der Waals surface area (Å²) in [5, 5.41) is 0. The molecule has 0 unspecified atom stereocenters. The minimum absolute atomic E-state index is 0.0180. The summed E-state index contributed by atoms with van der Waals surface area (Å²) < 4.78 is 3.26. The molecule has 7 rings (SSSR count). The van der Waals surface area contributed by atoms with Crippen LogP contribution >= 0.6 is 22.6 Å². The van der Waals surface area contributed by atoms with Crippen molar-refractivity contribution in [2.45, 2.75) is 44.6 Å². The Morgan fingerprint density at radius 3 is 2.57 bits per heavy atom. The summed E-state index contributed by atoms with van der Waals surface area (Å²) in [6, 6.07) is 15.1. The van der Waals surface area contributed by atoms with Crippen LogP contribution in [0.2, 0.25) is 0 Å². The first-order chi connectivity index (χ1) is 14.5. The standard InChI is InChI=1S/C25H22IN3O/c1-14-24-22(15(2)30)27-13-29(24)21-8-7-17(25-10-16(11-25)12-25)9-19(21)23(28-14)18-5-3-4-6-20(18)26/h3-9,13-14,16H,10-12H2,1-2H3/t14-,16?,25?/m1/s1. The third kappa shape index (κ3) is 2.47. The van der Waals surface area contributed by atoms with E-state index in [-0.39, 0.29) is 11.8 Å². The van der Waals surface area contributed by atoms with Gasteiger partial charge in [-0.3, -0.25) is 14.4 Å². The van der Waals surface area contributed by atoms with Gasteiger partial charge in [0.25, 0.3) is 0 Å². The predicted molar refractivity (Wildman–Crippen MR) is 126 cm³/mol. The quantitative estimate of drug-likeness (QED) is 0.340. The van der Waals surface area contributed by atoms with Crippen molar-refractivity contribution >= 4 is 34.1 Å². The first-order valence-corrected chi connectivity index (χ1v) is 11.6. The Balaban J connectivity index is 1.63. The van der Waals surface area contributed by atoms with Gasteiger partial charge in [0, 0.05) is 21.6 Å². The summed E-state index contributed by atoms with van der Waals surface area (Å²) in [6.07, 6.45) is 5.75. The van der Waals surface area contributed by atoms with E-state index < -0.39 is 0 Å². The van der Waals surface area contributed by atoms with Crippen molar-refractivity contribution in [3.63, 3.8) is 0 Å². The number of imidazole rings is 1. The summed E-state index contributed by atoms with van der Waals surface area (Å²) in [5.41, 5.74) is 7.56. The van der Waals surface area contributed by atoms with Crippen LogP contribution < -0.4 is 0 Å². The van der Waals surface area contributed by atoms with Gasteiger partial charge in [0.1, 0.15) is 12.0 Å². The number of nitrogens with zero attached hydrogens (tertiary/aromatic N) is 3. The Bertz CT molecular complexity index is 1240. The van der Waals surface area contributed by atoms with Crippen LogP contribution in [0.5, 0.6) is 0 Å². The molecule has 0 saturated heterocycles. The lowest BCUT2D eigenvalue weighted by atomic mass is 9.42. The molecule has 3 aliphatic carbocycles. The molecule has 2 bridgehead atoms. The van der Waals surface area contributed by atoms with Gasteiger partial charge in [-0.2, -0.15) is 0 Å². The van der Waals surface area contributed by atoms with Crippen molar-refractivity contribution < 1.29 is 4.79 Å². The van der Waals surface area contributed by atoms with Gasteiger partial charge in [-0.1, -0.05) is 24.3 Å². The van der Waals surface area contributed by atoms with Crippen LogP contribution in [0.3, 0.4) is 0 Å². The first-order valence-electron chi connectivity index (χ1n) is 10.5. The number of halogens is 1. The molecule has 3 saturated carbocycles. The monoisotopic (exact) mass is 507 g/mol. The van der Waals surface area contributed by atoms with Gasteiger partial charge < -0.3 is 0 Å². The molecule has 4 nitrogen and oxygen atoms in total. The number of fused-ring (bicyclic) bond motifs is 3. The molecule has 0 amide bonds. The summed E-state index contributed by atoms with van der Waals surface area (Å²) in [5.74, 6) is 0.918. The predicted octanol–water partition coefficient (Wildman–Crippen LogP) is 5.64. The Labute approximate surface area is 189 Å². The summed E-state index contributed by atoms with van der Waals surface area (Å²) in [7, 11) is 0. The molecule has 2 heterocycles. The van der Waals surface area contributed by atoms with Crippen molar-refractivity contribution in [1.29, 1.82) is 0 Å². The second-order valence-corrected chi connectivity index (χ2v) is 10.2. The highest BCUT2D eigenvalue weighted by atomic mass is 127. The molecule has 1 aliphatic heterocycles. The lowest BCUT2D eigenvalue weighted by Gasteiger charge is -2.62. The van der Waals surface area contributed by atoms with E-state index in [4.69, 9.17) is 4.99 Å². The number of carbonyl (C=O) groups is 1. The minimum Gasteiger partial charge on any atom is -0.300 e. The average Bonchev–Trinajstić information content (AvgIpc) is 3.05. The van der Waals surface area contributed by atoms with Crippen LogP contribution in [0.1, 0.15) is 72.0 Å². The van der Waals surface area contributed by atoms with Crippen molar-refractivity contribution in [3.8, 4) is 5.69 Å². The molecule has 5 heteroatoms. The van der Waals surface area contributed by atoms with Gasteiger partial charge in [-0.25, -0.2) is 4.98 Å². The highest BCUT2D eigenvalue weighted by Crippen LogP contribution is 2.65. The van der Waals surface area contributed by atoms with Crippen LogP contribution in [-0.2, 0) is 5.41 Å². The van der Waals surface area contributed by atoms with E-state index in [1.54, 1.807) is 13.3 Å². The number of ketones is 1. The molecule has 4 aliphatic rings. The highest BCUT2D eigenvalue weighted by Gasteiger charge is 2.57. The zero-order chi connectivity index (χ0) is 20.6.